The van der Waals surface area contributed by atoms with E-state index in [9.17, 15) is 5.11 Å². The van der Waals surface area contributed by atoms with Gasteiger partial charge in [0, 0.05) is 12.1 Å². The van der Waals surface area contributed by atoms with Gasteiger partial charge >= 0.3 is 0 Å². The third kappa shape index (κ3) is 5.61. The molecular weight excluding hydrogens is 296 g/mol. The van der Waals surface area contributed by atoms with Crippen molar-refractivity contribution in [2.24, 2.45) is 5.10 Å². The Kier molecular flexibility index (Phi) is 7.84. The summed E-state index contributed by atoms with van der Waals surface area (Å²) >= 11 is 5.08. The number of rotatable bonds is 7. The molecule has 0 fully saturated rings. The molecule has 0 aliphatic rings. The molecule has 0 spiro atoms. The monoisotopic (exact) mass is 323 g/mol. The molecule has 0 amide bonds. The summed E-state index contributed by atoms with van der Waals surface area (Å²) in [7, 11) is 0. The number of phenols is 1. The number of aromatic hydroxyl groups is 1. The second kappa shape index (κ2) is 9.38. The Morgan fingerprint density at radius 1 is 1.27 bits per heavy atom. The van der Waals surface area contributed by atoms with Crippen LogP contribution >= 0.6 is 12.2 Å². The summed E-state index contributed by atoms with van der Waals surface area (Å²) in [6.45, 7) is 11.8. The van der Waals surface area contributed by atoms with Crippen LogP contribution in [0.3, 0.4) is 0 Å². The van der Waals surface area contributed by atoms with Crippen molar-refractivity contribution in [2.75, 3.05) is 19.6 Å². The Hall–Kier alpha value is -1.66. The molecule has 122 valence electrons. The van der Waals surface area contributed by atoms with E-state index in [2.05, 4.69) is 29.7 Å². The molecule has 6 heteroatoms. The number of hydrogen-bond donors (Lipinski definition) is 4. The van der Waals surface area contributed by atoms with Gasteiger partial charge in [-0.3, -0.25) is 5.43 Å². The Balaban J connectivity index is 2.87. The summed E-state index contributed by atoms with van der Waals surface area (Å²) in [4.78, 5) is 1.42. The highest BCUT2D eigenvalue weighted by Crippen LogP contribution is 2.18. The molecule has 0 unspecified atom stereocenters. The first kappa shape index (κ1) is 18.4. The van der Waals surface area contributed by atoms with E-state index in [0.717, 1.165) is 43.0 Å². The fraction of sp³-hybridized carbons (Fsp3) is 0.500. The van der Waals surface area contributed by atoms with Gasteiger partial charge in [-0.2, -0.15) is 5.10 Å². The van der Waals surface area contributed by atoms with E-state index in [1.807, 2.05) is 26.0 Å². The predicted octanol–water partition coefficient (Wildman–Crippen LogP) is 1.02. The summed E-state index contributed by atoms with van der Waals surface area (Å²) in [5.74, 6) is 0.340. The number of phenolic OH excluding ortho intramolecular Hbond substituents is 1. The van der Waals surface area contributed by atoms with E-state index >= 15 is 0 Å². The van der Waals surface area contributed by atoms with Gasteiger partial charge in [-0.05, 0) is 63.7 Å². The van der Waals surface area contributed by atoms with Crippen LogP contribution in [0.1, 0.15) is 38.8 Å². The van der Waals surface area contributed by atoms with Gasteiger partial charge in [0.25, 0.3) is 0 Å². The maximum absolute atomic E-state index is 10.0. The lowest BCUT2D eigenvalue weighted by Gasteiger charge is -2.16. The van der Waals surface area contributed by atoms with Crippen LogP contribution < -0.4 is 15.6 Å². The summed E-state index contributed by atoms with van der Waals surface area (Å²) in [6.07, 6.45) is 0. The summed E-state index contributed by atoms with van der Waals surface area (Å²) < 4.78 is 0. The summed E-state index contributed by atoms with van der Waals surface area (Å²) in [5, 5.41) is 17.8. The molecule has 1 rings (SSSR count). The molecule has 1 aromatic carbocycles. The second-order valence-corrected chi connectivity index (χ2v) is 5.55. The molecule has 4 N–H and O–H groups in total. The Labute approximate surface area is 138 Å². The Bertz CT molecular complexity index is 527. The Morgan fingerprint density at radius 3 is 2.55 bits per heavy atom. The van der Waals surface area contributed by atoms with E-state index in [-0.39, 0.29) is 0 Å². The highest BCUT2D eigenvalue weighted by atomic mass is 32.1. The second-order valence-electron chi connectivity index (χ2n) is 5.15. The number of quaternary nitrogens is 1. The molecule has 0 aliphatic heterocycles. The van der Waals surface area contributed by atoms with E-state index in [1.54, 1.807) is 6.07 Å². The molecular formula is C16H27N4OS+. The number of nitrogens with one attached hydrogen (secondary N) is 3. The highest BCUT2D eigenvalue weighted by molar-refractivity contribution is 7.80. The van der Waals surface area contributed by atoms with Crippen LogP contribution in [0.4, 0.5) is 0 Å². The number of nitrogens with zero attached hydrogens (tertiary/aromatic N) is 1. The van der Waals surface area contributed by atoms with Gasteiger partial charge in [0.2, 0.25) is 0 Å². The van der Waals surface area contributed by atoms with Crippen LogP contribution in [-0.2, 0) is 6.54 Å². The molecule has 0 aromatic heterocycles. The summed E-state index contributed by atoms with van der Waals surface area (Å²) in [6, 6.07) is 5.60. The lowest BCUT2D eigenvalue weighted by Crippen LogP contribution is -3.10. The lowest BCUT2D eigenvalue weighted by atomic mass is 10.1. The van der Waals surface area contributed by atoms with Gasteiger partial charge in [-0.1, -0.05) is 0 Å². The first-order chi connectivity index (χ1) is 10.5. The van der Waals surface area contributed by atoms with Crippen molar-refractivity contribution < 1.29 is 10.0 Å². The molecule has 5 nitrogen and oxygen atoms in total. The van der Waals surface area contributed by atoms with Crippen molar-refractivity contribution in [3.05, 3.63) is 29.3 Å². The summed E-state index contributed by atoms with van der Waals surface area (Å²) in [5.41, 5.74) is 5.57. The van der Waals surface area contributed by atoms with Gasteiger partial charge in [-0.15, -0.1) is 0 Å². The molecule has 0 radical (unpaired) electrons. The number of hydrazone groups is 1. The maximum Gasteiger partial charge on any atom is 0.186 e. The van der Waals surface area contributed by atoms with Gasteiger partial charge in [0.1, 0.15) is 12.3 Å². The molecule has 0 saturated heterocycles. The molecule has 1 aromatic rings. The third-order valence-electron chi connectivity index (χ3n) is 3.60. The van der Waals surface area contributed by atoms with E-state index in [1.165, 1.54) is 4.90 Å². The SMILES string of the molecule is CCNC(=S)N/N=C(\C)c1ccc(O)c(C[NH+](CC)CC)c1. The molecule has 0 heterocycles. The average Bonchev–Trinajstić information content (AvgIpc) is 2.52. The van der Waals surface area contributed by atoms with Crippen LogP contribution in [-0.4, -0.2) is 35.6 Å². The minimum absolute atomic E-state index is 0.340. The first-order valence-corrected chi connectivity index (χ1v) is 8.16. The van der Waals surface area contributed by atoms with Gasteiger partial charge in [0.05, 0.1) is 18.8 Å². The zero-order chi connectivity index (χ0) is 16.5. The van der Waals surface area contributed by atoms with E-state index in [0.29, 0.717) is 10.9 Å². The predicted molar refractivity (Wildman–Crippen MR) is 95.5 cm³/mol. The molecule has 0 atom stereocenters. The van der Waals surface area contributed by atoms with Crippen molar-refractivity contribution in [1.29, 1.82) is 0 Å². The van der Waals surface area contributed by atoms with Crippen LogP contribution in [0.25, 0.3) is 0 Å². The smallest absolute Gasteiger partial charge is 0.186 e. The fourth-order valence-electron chi connectivity index (χ4n) is 2.12. The van der Waals surface area contributed by atoms with Gasteiger partial charge in [-0.25, -0.2) is 0 Å². The minimum Gasteiger partial charge on any atom is -0.507 e. The largest absolute Gasteiger partial charge is 0.507 e. The normalized spacial score (nSPS) is 11.6. The maximum atomic E-state index is 10.0. The molecule has 0 saturated carbocycles. The number of benzene rings is 1. The first-order valence-electron chi connectivity index (χ1n) is 7.75. The van der Waals surface area contributed by atoms with Crippen LogP contribution in [0, 0.1) is 0 Å². The number of thiocarbonyl (C=S) groups is 1. The highest BCUT2D eigenvalue weighted by Gasteiger charge is 2.11. The fourth-order valence-corrected chi connectivity index (χ4v) is 2.31. The van der Waals surface area contributed by atoms with Gasteiger partial charge < -0.3 is 15.3 Å². The van der Waals surface area contributed by atoms with Crippen LogP contribution in [0.5, 0.6) is 5.75 Å². The van der Waals surface area contributed by atoms with Crippen molar-refractivity contribution in [1.82, 2.24) is 10.7 Å². The average molecular weight is 323 g/mol. The van der Waals surface area contributed by atoms with E-state index in [4.69, 9.17) is 12.2 Å². The van der Waals surface area contributed by atoms with Gasteiger partial charge in [0.15, 0.2) is 5.11 Å². The molecule has 22 heavy (non-hydrogen) atoms. The topological polar surface area (TPSA) is 61.1 Å². The quantitative estimate of drug-likeness (QED) is 0.344. The van der Waals surface area contributed by atoms with Crippen LogP contribution in [0.15, 0.2) is 23.3 Å². The zero-order valence-electron chi connectivity index (χ0n) is 13.9. The minimum atomic E-state index is 0.340. The van der Waals surface area contributed by atoms with Crippen molar-refractivity contribution >= 4 is 23.0 Å². The van der Waals surface area contributed by atoms with Crippen molar-refractivity contribution in [3.8, 4) is 5.75 Å². The van der Waals surface area contributed by atoms with Crippen molar-refractivity contribution in [3.63, 3.8) is 0 Å². The lowest BCUT2D eigenvalue weighted by molar-refractivity contribution is -0.910. The number of hydrogen-bond acceptors (Lipinski definition) is 3. The van der Waals surface area contributed by atoms with Crippen LogP contribution in [0.2, 0.25) is 0 Å². The zero-order valence-corrected chi connectivity index (χ0v) is 14.7. The van der Waals surface area contributed by atoms with Crippen molar-refractivity contribution in [2.45, 2.75) is 34.2 Å². The Morgan fingerprint density at radius 2 is 1.95 bits per heavy atom. The molecule has 0 bridgehead atoms. The third-order valence-corrected chi connectivity index (χ3v) is 3.84. The standard InChI is InChI=1S/C16H26N4OS/c1-5-17-16(22)19-18-12(4)13-8-9-15(21)14(10-13)11-20(6-2)7-3/h8-10,21H,5-7,11H2,1-4H3,(H2,17,19,22)/p+1/b18-12+. The molecule has 0 aliphatic carbocycles. The van der Waals surface area contributed by atoms with E-state index < -0.39 is 0 Å².